The van der Waals surface area contributed by atoms with Gasteiger partial charge in [0.15, 0.2) is 0 Å². The van der Waals surface area contributed by atoms with Crippen LogP contribution in [0.25, 0.3) is 0 Å². The summed E-state index contributed by atoms with van der Waals surface area (Å²) in [5, 5.41) is 25.4. The number of carbonyl (C=O) groups is 5. The minimum absolute atomic E-state index is 0.0178. The number of benzene rings is 1. The first-order valence-electron chi connectivity index (χ1n) is 10.0. The summed E-state index contributed by atoms with van der Waals surface area (Å²) in [5.41, 5.74) is 11.2. The third-order valence-electron chi connectivity index (χ3n) is 4.56. The van der Waals surface area contributed by atoms with Gasteiger partial charge in [0.1, 0.15) is 24.2 Å². The summed E-state index contributed by atoms with van der Waals surface area (Å²) in [6.45, 7) is -0.631. The Morgan fingerprint density at radius 2 is 1.45 bits per heavy atom. The number of rotatable bonds is 14. The van der Waals surface area contributed by atoms with Crippen LogP contribution in [0.15, 0.2) is 30.3 Å². The maximum absolute atomic E-state index is 12.9. The number of aliphatic hydroxyl groups is 1. The molecule has 4 amide bonds. The van der Waals surface area contributed by atoms with Crippen LogP contribution < -0.4 is 27.4 Å². The first kappa shape index (κ1) is 27.9. The van der Waals surface area contributed by atoms with Crippen LogP contribution in [-0.4, -0.2) is 76.3 Å². The summed E-state index contributed by atoms with van der Waals surface area (Å²) in [7, 11) is 0. The number of hydrogen-bond acceptors (Lipinski definition) is 8. The lowest BCUT2D eigenvalue weighted by molar-refractivity contribution is -0.142. The van der Waals surface area contributed by atoms with Gasteiger partial charge < -0.3 is 37.6 Å². The lowest BCUT2D eigenvalue weighted by Crippen LogP contribution is -2.58. The molecule has 12 nitrogen and oxygen atoms in total. The molecule has 0 aliphatic carbocycles. The Bertz CT molecular complexity index is 839. The van der Waals surface area contributed by atoms with Crippen molar-refractivity contribution in [3.8, 4) is 0 Å². The van der Waals surface area contributed by atoms with E-state index in [0.29, 0.717) is 5.56 Å². The SMILES string of the molecule is NC(=O)CCC(NC(=O)C(Cc1ccccc1)NC(=O)C(CS)NC(=O)C(N)CO)C(=O)O. The standard InChI is InChI=1S/C20H29N5O7S/c21-12(9-26)17(28)25-15(10-33)19(30)24-14(8-11-4-2-1-3-5-11)18(29)23-13(20(31)32)6-7-16(22)27/h1-5,12-15,26,33H,6-10,21H2,(H2,22,27)(H,23,29)(H,24,30)(H,25,28)(H,31,32). The number of carboxylic acid groups (broad SMARTS) is 1. The van der Waals surface area contributed by atoms with Crippen LogP contribution in [0, 0.1) is 0 Å². The molecule has 1 aromatic rings. The van der Waals surface area contributed by atoms with Crippen molar-refractivity contribution < 1.29 is 34.2 Å². The molecule has 1 aromatic carbocycles. The monoisotopic (exact) mass is 483 g/mol. The highest BCUT2D eigenvalue weighted by Gasteiger charge is 2.30. The van der Waals surface area contributed by atoms with E-state index < -0.39 is 60.4 Å². The zero-order chi connectivity index (χ0) is 25.0. The number of thiol groups is 1. The highest BCUT2D eigenvalue weighted by Crippen LogP contribution is 2.06. The summed E-state index contributed by atoms with van der Waals surface area (Å²) < 4.78 is 0. The summed E-state index contributed by atoms with van der Waals surface area (Å²) in [4.78, 5) is 60.0. The van der Waals surface area contributed by atoms with Crippen LogP contribution in [0.2, 0.25) is 0 Å². The van der Waals surface area contributed by atoms with E-state index in [1.54, 1.807) is 30.3 Å². The van der Waals surface area contributed by atoms with Crippen LogP contribution in [0.1, 0.15) is 18.4 Å². The van der Waals surface area contributed by atoms with Crippen molar-refractivity contribution in [2.75, 3.05) is 12.4 Å². The van der Waals surface area contributed by atoms with Gasteiger partial charge in [0, 0.05) is 18.6 Å². The molecule has 1 rings (SSSR count). The smallest absolute Gasteiger partial charge is 0.326 e. The predicted molar refractivity (Wildman–Crippen MR) is 121 cm³/mol. The third-order valence-corrected chi connectivity index (χ3v) is 4.92. The van der Waals surface area contributed by atoms with Gasteiger partial charge in [-0.2, -0.15) is 12.6 Å². The molecular weight excluding hydrogens is 454 g/mol. The molecular formula is C20H29N5O7S. The minimum atomic E-state index is -1.40. The Balaban J connectivity index is 3.01. The highest BCUT2D eigenvalue weighted by molar-refractivity contribution is 7.80. The largest absolute Gasteiger partial charge is 0.480 e. The molecule has 4 unspecified atom stereocenters. The maximum atomic E-state index is 12.9. The van der Waals surface area contributed by atoms with E-state index in [-0.39, 0.29) is 25.0 Å². The number of aliphatic hydroxyl groups excluding tert-OH is 1. The molecule has 0 fully saturated rings. The number of hydrogen-bond donors (Lipinski definition) is 8. The van der Waals surface area contributed by atoms with Gasteiger partial charge in [-0.3, -0.25) is 19.2 Å². The van der Waals surface area contributed by atoms with Crippen LogP contribution in [-0.2, 0) is 30.4 Å². The third kappa shape index (κ3) is 9.89. The Hall–Kier alpha value is -3.16. The van der Waals surface area contributed by atoms with Crippen molar-refractivity contribution in [2.45, 2.75) is 43.4 Å². The van der Waals surface area contributed by atoms with E-state index in [4.69, 9.17) is 16.6 Å². The average Bonchev–Trinajstić information content (AvgIpc) is 2.78. The van der Waals surface area contributed by atoms with Gasteiger partial charge in [-0.15, -0.1) is 0 Å². The molecule has 0 aliphatic heterocycles. The molecule has 0 heterocycles. The average molecular weight is 484 g/mol. The first-order chi connectivity index (χ1) is 15.6. The van der Waals surface area contributed by atoms with Crippen LogP contribution in [0.4, 0.5) is 0 Å². The Labute approximate surface area is 195 Å². The van der Waals surface area contributed by atoms with E-state index in [9.17, 15) is 29.1 Å². The van der Waals surface area contributed by atoms with E-state index in [1.807, 2.05) is 0 Å². The van der Waals surface area contributed by atoms with Crippen molar-refractivity contribution in [1.29, 1.82) is 0 Å². The van der Waals surface area contributed by atoms with Crippen LogP contribution >= 0.6 is 12.6 Å². The fourth-order valence-corrected chi connectivity index (χ4v) is 2.96. The molecule has 182 valence electrons. The van der Waals surface area contributed by atoms with Crippen molar-refractivity contribution in [3.63, 3.8) is 0 Å². The van der Waals surface area contributed by atoms with Gasteiger partial charge in [0.25, 0.3) is 0 Å². The number of carbonyl (C=O) groups excluding carboxylic acids is 4. The summed E-state index contributed by atoms with van der Waals surface area (Å²) in [6, 6.07) is 3.62. The molecule has 33 heavy (non-hydrogen) atoms. The predicted octanol–water partition coefficient (Wildman–Crippen LogP) is -2.72. The molecule has 9 N–H and O–H groups in total. The van der Waals surface area contributed by atoms with Crippen LogP contribution in [0.5, 0.6) is 0 Å². The van der Waals surface area contributed by atoms with Gasteiger partial charge in [0.2, 0.25) is 23.6 Å². The first-order valence-corrected chi connectivity index (χ1v) is 10.7. The van der Waals surface area contributed by atoms with E-state index in [2.05, 4.69) is 28.6 Å². The Morgan fingerprint density at radius 1 is 0.909 bits per heavy atom. The summed E-state index contributed by atoms with van der Waals surface area (Å²) >= 11 is 4.03. The van der Waals surface area contributed by atoms with E-state index >= 15 is 0 Å². The van der Waals surface area contributed by atoms with E-state index in [0.717, 1.165) is 0 Å². The van der Waals surface area contributed by atoms with Crippen molar-refractivity contribution in [1.82, 2.24) is 16.0 Å². The molecule has 0 saturated carbocycles. The molecule has 0 spiro atoms. The maximum Gasteiger partial charge on any atom is 0.326 e. The second kappa shape index (κ2) is 14.1. The lowest BCUT2D eigenvalue weighted by Gasteiger charge is -2.24. The molecule has 0 bridgehead atoms. The second-order valence-electron chi connectivity index (χ2n) is 7.19. The number of amides is 4. The second-order valence-corrected chi connectivity index (χ2v) is 7.55. The molecule has 0 aromatic heterocycles. The zero-order valence-corrected chi connectivity index (χ0v) is 18.7. The van der Waals surface area contributed by atoms with Crippen LogP contribution in [0.3, 0.4) is 0 Å². The zero-order valence-electron chi connectivity index (χ0n) is 17.8. The summed E-state index contributed by atoms with van der Waals surface area (Å²) in [5.74, 6) is -4.57. The van der Waals surface area contributed by atoms with Gasteiger partial charge in [-0.25, -0.2) is 4.79 Å². The molecule has 4 atom stereocenters. The normalized spacial score (nSPS) is 14.3. The Kier molecular flexibility index (Phi) is 11.9. The topological polar surface area (TPSA) is 214 Å². The number of aliphatic carboxylic acids is 1. The van der Waals surface area contributed by atoms with Crippen molar-refractivity contribution in [2.24, 2.45) is 11.5 Å². The molecule has 0 radical (unpaired) electrons. The summed E-state index contributed by atoms with van der Waals surface area (Å²) in [6.07, 6.45) is -0.466. The van der Waals surface area contributed by atoms with E-state index in [1.165, 1.54) is 0 Å². The number of primary amides is 1. The van der Waals surface area contributed by atoms with Gasteiger partial charge in [-0.05, 0) is 12.0 Å². The molecule has 13 heteroatoms. The van der Waals surface area contributed by atoms with Crippen molar-refractivity contribution >= 4 is 42.2 Å². The van der Waals surface area contributed by atoms with Gasteiger partial charge in [-0.1, -0.05) is 30.3 Å². The number of nitrogens with one attached hydrogen (secondary N) is 3. The fraction of sp³-hybridized carbons (Fsp3) is 0.450. The lowest BCUT2D eigenvalue weighted by atomic mass is 10.0. The minimum Gasteiger partial charge on any atom is -0.480 e. The number of nitrogens with two attached hydrogens (primary N) is 2. The fourth-order valence-electron chi connectivity index (χ4n) is 2.70. The van der Waals surface area contributed by atoms with Crippen molar-refractivity contribution in [3.05, 3.63) is 35.9 Å². The highest BCUT2D eigenvalue weighted by atomic mass is 32.1. The van der Waals surface area contributed by atoms with Gasteiger partial charge in [0.05, 0.1) is 6.61 Å². The molecule has 0 aliphatic rings. The Morgan fingerprint density at radius 3 is 1.97 bits per heavy atom. The molecule has 0 saturated heterocycles. The van der Waals surface area contributed by atoms with Gasteiger partial charge >= 0.3 is 5.97 Å². The quantitative estimate of drug-likeness (QED) is 0.130. The number of carboxylic acids is 1.